The second kappa shape index (κ2) is 7.39. The van der Waals surface area contributed by atoms with E-state index in [0.29, 0.717) is 6.04 Å². The predicted octanol–water partition coefficient (Wildman–Crippen LogP) is 2.51. The summed E-state index contributed by atoms with van der Waals surface area (Å²) < 4.78 is 0. The van der Waals surface area contributed by atoms with Gasteiger partial charge < -0.3 is 10.2 Å². The lowest BCUT2D eigenvalue weighted by atomic mass is 9.93. The molecule has 1 aliphatic heterocycles. The maximum absolute atomic E-state index is 3.54. The summed E-state index contributed by atoms with van der Waals surface area (Å²) in [5.41, 5.74) is 5.68. The highest BCUT2D eigenvalue weighted by Gasteiger charge is 2.21. The molecule has 21 heavy (non-hydrogen) atoms. The number of nitrogens with zero attached hydrogens (tertiary/aromatic N) is 2. The summed E-state index contributed by atoms with van der Waals surface area (Å²) in [5, 5.41) is 3.54. The van der Waals surface area contributed by atoms with Crippen LogP contribution >= 0.6 is 0 Å². The van der Waals surface area contributed by atoms with E-state index in [1.54, 1.807) is 0 Å². The molecule has 118 valence electrons. The minimum absolute atomic E-state index is 0.429. The van der Waals surface area contributed by atoms with E-state index in [1.165, 1.54) is 55.0 Å². The van der Waals surface area contributed by atoms with Crippen LogP contribution in [0, 0.1) is 20.8 Å². The molecule has 0 aromatic heterocycles. The maximum Gasteiger partial charge on any atom is 0.0452 e. The predicted molar refractivity (Wildman–Crippen MR) is 91.0 cm³/mol. The van der Waals surface area contributed by atoms with Gasteiger partial charge in [-0.3, -0.25) is 4.90 Å². The molecule has 3 nitrogen and oxygen atoms in total. The van der Waals surface area contributed by atoms with Gasteiger partial charge in [-0.15, -0.1) is 0 Å². The Balaban J connectivity index is 2.07. The highest BCUT2D eigenvalue weighted by molar-refractivity contribution is 5.39. The Bertz CT molecular complexity index is 439. The van der Waals surface area contributed by atoms with Gasteiger partial charge in [0.1, 0.15) is 0 Å². The van der Waals surface area contributed by atoms with E-state index in [-0.39, 0.29) is 0 Å². The maximum atomic E-state index is 3.54. The smallest absolute Gasteiger partial charge is 0.0452 e. The average molecular weight is 289 g/mol. The number of piperazine rings is 1. The Labute approximate surface area is 130 Å². The third kappa shape index (κ3) is 4.06. The molecule has 1 aromatic rings. The summed E-state index contributed by atoms with van der Waals surface area (Å²) in [6.45, 7) is 16.0. The van der Waals surface area contributed by atoms with Gasteiger partial charge in [0.15, 0.2) is 0 Å². The van der Waals surface area contributed by atoms with Gasteiger partial charge in [-0.25, -0.2) is 0 Å². The van der Waals surface area contributed by atoms with Gasteiger partial charge >= 0.3 is 0 Å². The Hall–Kier alpha value is -0.900. The third-order valence-electron chi connectivity index (χ3n) is 4.79. The molecule has 0 bridgehead atoms. The van der Waals surface area contributed by atoms with Crippen LogP contribution in [0.4, 0.5) is 0 Å². The van der Waals surface area contributed by atoms with Crippen molar-refractivity contribution in [3.63, 3.8) is 0 Å². The second-order valence-corrected chi connectivity index (χ2v) is 6.39. The van der Waals surface area contributed by atoms with E-state index in [4.69, 9.17) is 0 Å². The van der Waals surface area contributed by atoms with E-state index in [0.717, 1.165) is 6.54 Å². The molecule has 1 N–H and O–H groups in total. The van der Waals surface area contributed by atoms with Gasteiger partial charge in [0.2, 0.25) is 0 Å². The fourth-order valence-electron chi connectivity index (χ4n) is 3.61. The van der Waals surface area contributed by atoms with Crippen LogP contribution in [0.5, 0.6) is 0 Å². The molecule has 1 aliphatic rings. The summed E-state index contributed by atoms with van der Waals surface area (Å²) in [6, 6.07) is 5.04. The highest BCUT2D eigenvalue weighted by atomic mass is 15.3. The Kier molecular flexibility index (Phi) is 5.80. The first-order chi connectivity index (χ1) is 10.0. The Morgan fingerprint density at radius 1 is 1.00 bits per heavy atom. The van der Waals surface area contributed by atoms with E-state index in [9.17, 15) is 0 Å². The van der Waals surface area contributed by atoms with Crippen LogP contribution < -0.4 is 5.32 Å². The molecule has 1 fully saturated rings. The van der Waals surface area contributed by atoms with Crippen molar-refractivity contribution < 1.29 is 0 Å². The molecular weight excluding hydrogens is 258 g/mol. The minimum Gasteiger partial charge on any atom is -0.312 e. The Morgan fingerprint density at radius 2 is 1.52 bits per heavy atom. The van der Waals surface area contributed by atoms with Crippen LogP contribution in [0.25, 0.3) is 0 Å². The fourth-order valence-corrected chi connectivity index (χ4v) is 3.61. The zero-order chi connectivity index (χ0) is 15.4. The molecule has 1 aromatic carbocycles. The minimum atomic E-state index is 0.429. The normalized spacial score (nSPS) is 18.9. The van der Waals surface area contributed by atoms with Gasteiger partial charge in [0, 0.05) is 38.8 Å². The summed E-state index contributed by atoms with van der Waals surface area (Å²) in [4.78, 5) is 5.14. The van der Waals surface area contributed by atoms with E-state index in [1.807, 2.05) is 0 Å². The molecular formula is C18H31N3. The van der Waals surface area contributed by atoms with Crippen molar-refractivity contribution in [1.29, 1.82) is 0 Å². The quantitative estimate of drug-likeness (QED) is 0.898. The molecule has 1 heterocycles. The molecule has 2 rings (SSSR count). The average Bonchev–Trinajstić information content (AvgIpc) is 2.45. The van der Waals surface area contributed by atoms with Crippen molar-refractivity contribution in [3.8, 4) is 0 Å². The molecule has 1 unspecified atom stereocenters. The number of hydrogen-bond donors (Lipinski definition) is 1. The molecule has 3 heteroatoms. The van der Waals surface area contributed by atoms with Crippen molar-refractivity contribution in [2.75, 3.05) is 46.3 Å². The fraction of sp³-hybridized carbons (Fsp3) is 0.667. The van der Waals surface area contributed by atoms with E-state index < -0.39 is 0 Å². The second-order valence-electron chi connectivity index (χ2n) is 6.39. The highest BCUT2D eigenvalue weighted by Crippen LogP contribution is 2.24. The number of rotatable bonds is 5. The lowest BCUT2D eigenvalue weighted by Gasteiger charge is -2.36. The third-order valence-corrected chi connectivity index (χ3v) is 4.79. The molecule has 0 radical (unpaired) electrons. The van der Waals surface area contributed by atoms with Crippen molar-refractivity contribution >= 4 is 0 Å². The summed E-state index contributed by atoms with van der Waals surface area (Å²) in [7, 11) is 2.09. The summed E-state index contributed by atoms with van der Waals surface area (Å²) in [6.07, 6.45) is 0. The van der Waals surface area contributed by atoms with Crippen molar-refractivity contribution in [2.24, 2.45) is 0 Å². The van der Waals surface area contributed by atoms with Crippen molar-refractivity contribution in [1.82, 2.24) is 15.1 Å². The lowest BCUT2D eigenvalue weighted by molar-refractivity contribution is 0.128. The molecule has 0 amide bonds. The van der Waals surface area contributed by atoms with Crippen LogP contribution in [-0.2, 0) is 0 Å². The number of benzene rings is 1. The number of hydrogen-bond acceptors (Lipinski definition) is 3. The van der Waals surface area contributed by atoms with E-state index in [2.05, 4.69) is 62.0 Å². The van der Waals surface area contributed by atoms with Gasteiger partial charge in [0.25, 0.3) is 0 Å². The van der Waals surface area contributed by atoms with Gasteiger partial charge in [0.05, 0.1) is 0 Å². The topological polar surface area (TPSA) is 18.5 Å². The Morgan fingerprint density at radius 3 is 2.00 bits per heavy atom. The lowest BCUT2D eigenvalue weighted by Crippen LogP contribution is -2.48. The van der Waals surface area contributed by atoms with Crippen LogP contribution in [0.2, 0.25) is 0 Å². The van der Waals surface area contributed by atoms with Crippen LogP contribution in [0.15, 0.2) is 12.1 Å². The summed E-state index contributed by atoms with van der Waals surface area (Å²) >= 11 is 0. The zero-order valence-corrected chi connectivity index (χ0v) is 14.4. The largest absolute Gasteiger partial charge is 0.312 e. The summed E-state index contributed by atoms with van der Waals surface area (Å²) in [5.74, 6) is 0. The first kappa shape index (κ1) is 16.5. The van der Waals surface area contributed by atoms with Crippen LogP contribution in [0.3, 0.4) is 0 Å². The van der Waals surface area contributed by atoms with Crippen LogP contribution in [0.1, 0.15) is 35.2 Å². The standard InChI is InChI=1S/C18H31N3/c1-6-20-7-9-21(10-8-20)13-17(19-5)18-15(3)11-14(2)12-16(18)4/h11-12,17,19H,6-10,13H2,1-5H3. The monoisotopic (exact) mass is 289 g/mol. The van der Waals surface area contributed by atoms with E-state index >= 15 is 0 Å². The first-order valence-corrected chi connectivity index (χ1v) is 8.24. The molecule has 1 atom stereocenters. The number of likely N-dealkylation sites (N-methyl/N-ethyl adjacent to an activating group) is 2. The molecule has 0 spiro atoms. The molecule has 0 saturated carbocycles. The number of aryl methyl sites for hydroxylation is 3. The van der Waals surface area contributed by atoms with Gasteiger partial charge in [-0.1, -0.05) is 24.6 Å². The zero-order valence-electron chi connectivity index (χ0n) is 14.4. The first-order valence-electron chi connectivity index (χ1n) is 8.24. The number of nitrogens with one attached hydrogen (secondary N) is 1. The SMILES string of the molecule is CCN1CCN(CC(NC)c2c(C)cc(C)cc2C)CC1. The van der Waals surface area contributed by atoms with Crippen molar-refractivity contribution in [3.05, 3.63) is 34.4 Å². The van der Waals surface area contributed by atoms with Crippen LogP contribution in [-0.4, -0.2) is 56.1 Å². The molecule has 1 saturated heterocycles. The van der Waals surface area contributed by atoms with Gasteiger partial charge in [-0.05, 0) is 51.1 Å². The van der Waals surface area contributed by atoms with Crippen molar-refractivity contribution in [2.45, 2.75) is 33.7 Å². The molecule has 0 aliphatic carbocycles. The van der Waals surface area contributed by atoms with Gasteiger partial charge in [-0.2, -0.15) is 0 Å².